The lowest BCUT2D eigenvalue weighted by molar-refractivity contribution is 0.0682. The van der Waals surface area contributed by atoms with Crippen molar-refractivity contribution in [3.8, 4) is 0 Å². The van der Waals surface area contributed by atoms with Crippen molar-refractivity contribution >= 4 is 34.7 Å². The van der Waals surface area contributed by atoms with Gasteiger partial charge >= 0.3 is 5.97 Å². The molecular weight excluding hydrogens is 311 g/mol. The van der Waals surface area contributed by atoms with Crippen LogP contribution in [0.15, 0.2) is 42.6 Å². The number of carboxylic acid groups (broad SMARTS) is 1. The summed E-state index contributed by atoms with van der Waals surface area (Å²) < 4.78 is 1.54. The van der Waals surface area contributed by atoms with E-state index >= 15 is 0 Å². The number of benzene rings is 1. The Labute approximate surface area is 130 Å². The first-order valence-electron chi connectivity index (χ1n) is 6.20. The second-order valence-corrected chi connectivity index (χ2v) is 5.33. The van der Waals surface area contributed by atoms with E-state index in [0.717, 1.165) is 11.1 Å². The topological polar surface area (TPSA) is 54.6 Å². The number of hydrogen-bond acceptors (Lipinski definition) is 2. The number of carboxylic acids is 1. The molecule has 0 saturated carbocycles. The van der Waals surface area contributed by atoms with Gasteiger partial charge in [-0.25, -0.2) is 9.78 Å². The quantitative estimate of drug-likeness (QED) is 0.795. The molecule has 1 N–H and O–H groups in total. The molecule has 4 nitrogen and oxygen atoms in total. The number of fused-ring (bicyclic) bond motifs is 1. The van der Waals surface area contributed by atoms with Crippen molar-refractivity contribution < 1.29 is 9.90 Å². The normalized spacial score (nSPS) is 11.0. The number of imidazole rings is 1. The van der Waals surface area contributed by atoms with Crippen molar-refractivity contribution in [2.45, 2.75) is 6.42 Å². The van der Waals surface area contributed by atoms with Crippen molar-refractivity contribution in [2.75, 3.05) is 0 Å². The number of rotatable bonds is 3. The molecule has 2 heterocycles. The molecule has 0 aliphatic rings. The van der Waals surface area contributed by atoms with Gasteiger partial charge in [-0.1, -0.05) is 35.3 Å². The van der Waals surface area contributed by atoms with Crippen molar-refractivity contribution in [3.05, 3.63) is 69.7 Å². The molecule has 2 aromatic heterocycles. The minimum atomic E-state index is -1.08. The average Bonchev–Trinajstić information content (AvgIpc) is 2.82. The molecule has 21 heavy (non-hydrogen) atoms. The lowest BCUT2D eigenvalue weighted by Gasteiger charge is -2.05. The van der Waals surface area contributed by atoms with Crippen molar-refractivity contribution in [1.29, 1.82) is 0 Å². The standard InChI is InChI=1S/C15H10Cl2N2O2/c16-10-4-3-5-11(17)9(10)8-12-13-6-1-2-7-19(13)14(18-12)15(20)21/h1-7H,8H2,(H,20,21). The molecule has 3 rings (SSSR count). The van der Waals surface area contributed by atoms with Crippen LogP contribution in [0, 0.1) is 0 Å². The molecule has 0 amide bonds. The molecule has 0 aliphatic carbocycles. The van der Waals surface area contributed by atoms with Crippen LogP contribution < -0.4 is 0 Å². The van der Waals surface area contributed by atoms with Crippen LogP contribution in [0.1, 0.15) is 21.9 Å². The molecule has 0 fully saturated rings. The number of pyridine rings is 1. The molecule has 3 aromatic rings. The number of hydrogen-bond donors (Lipinski definition) is 1. The first-order chi connectivity index (χ1) is 10.1. The molecule has 0 aliphatic heterocycles. The maximum Gasteiger partial charge on any atom is 0.372 e. The Morgan fingerprint density at radius 1 is 1.14 bits per heavy atom. The number of aromatic carboxylic acids is 1. The third-order valence-electron chi connectivity index (χ3n) is 3.22. The van der Waals surface area contributed by atoms with Gasteiger partial charge in [0.05, 0.1) is 11.2 Å². The van der Waals surface area contributed by atoms with Gasteiger partial charge in [0, 0.05) is 22.7 Å². The van der Waals surface area contributed by atoms with Gasteiger partial charge in [0.2, 0.25) is 5.82 Å². The molecular formula is C15H10Cl2N2O2. The Bertz CT molecular complexity index is 823. The van der Waals surface area contributed by atoms with Gasteiger partial charge in [-0.05, 0) is 29.8 Å². The molecule has 0 bridgehead atoms. The van der Waals surface area contributed by atoms with E-state index in [4.69, 9.17) is 23.2 Å². The van der Waals surface area contributed by atoms with Crippen LogP contribution in [-0.2, 0) is 6.42 Å². The summed E-state index contributed by atoms with van der Waals surface area (Å²) in [4.78, 5) is 15.5. The van der Waals surface area contributed by atoms with Gasteiger partial charge in [0.15, 0.2) is 0 Å². The Morgan fingerprint density at radius 2 is 1.86 bits per heavy atom. The van der Waals surface area contributed by atoms with Crippen LogP contribution in [0.5, 0.6) is 0 Å². The zero-order valence-corrected chi connectivity index (χ0v) is 12.3. The molecule has 0 radical (unpaired) electrons. The van der Waals surface area contributed by atoms with E-state index in [2.05, 4.69) is 4.98 Å². The van der Waals surface area contributed by atoms with E-state index in [1.165, 1.54) is 0 Å². The average molecular weight is 321 g/mol. The second-order valence-electron chi connectivity index (χ2n) is 4.52. The Hall–Kier alpha value is -2.04. The summed E-state index contributed by atoms with van der Waals surface area (Å²) in [5.74, 6) is -1.10. The van der Waals surface area contributed by atoms with Gasteiger partial charge in [0.1, 0.15) is 0 Å². The first-order valence-corrected chi connectivity index (χ1v) is 6.95. The first kappa shape index (κ1) is 13.9. The Kier molecular flexibility index (Phi) is 3.57. The number of nitrogens with zero attached hydrogens (tertiary/aromatic N) is 2. The maximum absolute atomic E-state index is 11.3. The SMILES string of the molecule is O=C(O)c1nc(Cc2c(Cl)cccc2Cl)c2ccccn12. The minimum Gasteiger partial charge on any atom is -0.475 e. The van der Waals surface area contributed by atoms with Crippen LogP contribution in [-0.4, -0.2) is 20.5 Å². The van der Waals surface area contributed by atoms with Crippen LogP contribution in [0.25, 0.3) is 5.52 Å². The molecule has 0 unspecified atom stereocenters. The Morgan fingerprint density at radius 3 is 2.52 bits per heavy atom. The fourth-order valence-corrected chi connectivity index (χ4v) is 2.78. The summed E-state index contributed by atoms with van der Waals surface area (Å²) in [5.41, 5.74) is 2.09. The summed E-state index contributed by atoms with van der Waals surface area (Å²) >= 11 is 12.3. The molecule has 0 spiro atoms. The van der Waals surface area contributed by atoms with E-state index in [-0.39, 0.29) is 5.82 Å². The summed E-state index contributed by atoms with van der Waals surface area (Å²) in [7, 11) is 0. The summed E-state index contributed by atoms with van der Waals surface area (Å²) in [6, 6.07) is 10.7. The predicted molar refractivity (Wildman–Crippen MR) is 81.4 cm³/mol. The van der Waals surface area contributed by atoms with Crippen LogP contribution in [0.3, 0.4) is 0 Å². The van der Waals surface area contributed by atoms with Crippen LogP contribution in [0.2, 0.25) is 10.0 Å². The summed E-state index contributed by atoms with van der Waals surface area (Å²) in [6.07, 6.45) is 2.04. The third kappa shape index (κ3) is 2.48. The van der Waals surface area contributed by atoms with E-state index < -0.39 is 5.97 Å². The van der Waals surface area contributed by atoms with Crippen molar-refractivity contribution in [1.82, 2.24) is 9.38 Å². The predicted octanol–water partition coefficient (Wildman–Crippen LogP) is 3.93. The number of carbonyl (C=O) groups is 1. The molecule has 6 heteroatoms. The van der Waals surface area contributed by atoms with E-state index in [9.17, 15) is 9.90 Å². The third-order valence-corrected chi connectivity index (χ3v) is 3.93. The number of halogens is 2. The highest BCUT2D eigenvalue weighted by Crippen LogP contribution is 2.28. The lowest BCUT2D eigenvalue weighted by atomic mass is 10.1. The largest absolute Gasteiger partial charge is 0.475 e. The zero-order chi connectivity index (χ0) is 15.0. The molecule has 0 atom stereocenters. The van der Waals surface area contributed by atoms with Gasteiger partial charge in [-0.3, -0.25) is 4.40 Å². The van der Waals surface area contributed by atoms with Gasteiger partial charge in [-0.2, -0.15) is 0 Å². The zero-order valence-electron chi connectivity index (χ0n) is 10.8. The highest BCUT2D eigenvalue weighted by molar-refractivity contribution is 6.36. The van der Waals surface area contributed by atoms with Gasteiger partial charge in [-0.15, -0.1) is 0 Å². The minimum absolute atomic E-state index is 0.0243. The fourth-order valence-electron chi connectivity index (χ4n) is 2.25. The molecule has 0 saturated heterocycles. The second kappa shape index (κ2) is 5.39. The van der Waals surface area contributed by atoms with E-state index in [0.29, 0.717) is 22.2 Å². The van der Waals surface area contributed by atoms with Crippen LogP contribution in [0.4, 0.5) is 0 Å². The van der Waals surface area contributed by atoms with Crippen LogP contribution >= 0.6 is 23.2 Å². The molecule has 1 aromatic carbocycles. The van der Waals surface area contributed by atoms with Gasteiger partial charge in [0.25, 0.3) is 0 Å². The smallest absolute Gasteiger partial charge is 0.372 e. The van der Waals surface area contributed by atoms with Gasteiger partial charge < -0.3 is 5.11 Å². The maximum atomic E-state index is 11.3. The Balaban J connectivity index is 2.15. The number of aromatic nitrogens is 2. The lowest BCUT2D eigenvalue weighted by Crippen LogP contribution is -2.03. The fraction of sp³-hybridized carbons (Fsp3) is 0.0667. The molecule has 106 valence electrons. The van der Waals surface area contributed by atoms with Crippen molar-refractivity contribution in [2.24, 2.45) is 0 Å². The van der Waals surface area contributed by atoms with E-state index in [1.54, 1.807) is 34.9 Å². The summed E-state index contributed by atoms with van der Waals surface area (Å²) in [6.45, 7) is 0. The highest BCUT2D eigenvalue weighted by atomic mass is 35.5. The van der Waals surface area contributed by atoms with E-state index in [1.807, 2.05) is 12.1 Å². The van der Waals surface area contributed by atoms with Crippen molar-refractivity contribution in [3.63, 3.8) is 0 Å². The highest BCUT2D eigenvalue weighted by Gasteiger charge is 2.17. The summed E-state index contributed by atoms with van der Waals surface area (Å²) in [5, 5.41) is 10.3. The monoisotopic (exact) mass is 320 g/mol.